The molecule has 2 rings (SSSR count). The standard InChI is InChI=1S/C11H9FIN3O/c1-16-10(9(13)6-14-16)11(17)15-8-4-2-7(12)3-5-8/h2-6H,1H3,(H,15,17). The zero-order chi connectivity index (χ0) is 12.4. The minimum absolute atomic E-state index is 0.263. The lowest BCUT2D eigenvalue weighted by molar-refractivity contribution is 0.101. The molecule has 1 aromatic carbocycles. The summed E-state index contributed by atoms with van der Waals surface area (Å²) in [6.07, 6.45) is 1.61. The number of amides is 1. The summed E-state index contributed by atoms with van der Waals surface area (Å²) in [6.45, 7) is 0. The van der Waals surface area contributed by atoms with Crippen molar-refractivity contribution in [2.45, 2.75) is 0 Å². The second kappa shape index (κ2) is 4.82. The van der Waals surface area contributed by atoms with Gasteiger partial charge in [0.2, 0.25) is 0 Å². The van der Waals surface area contributed by atoms with Crippen LogP contribution in [0.3, 0.4) is 0 Å². The maximum atomic E-state index is 12.7. The van der Waals surface area contributed by atoms with Gasteiger partial charge in [-0.3, -0.25) is 9.48 Å². The van der Waals surface area contributed by atoms with Gasteiger partial charge in [-0.2, -0.15) is 5.10 Å². The minimum atomic E-state index is -0.335. The van der Waals surface area contributed by atoms with Crippen LogP contribution in [0.1, 0.15) is 10.5 Å². The van der Waals surface area contributed by atoms with E-state index in [4.69, 9.17) is 0 Å². The van der Waals surface area contributed by atoms with Gasteiger partial charge in [0.1, 0.15) is 11.5 Å². The van der Waals surface area contributed by atoms with Crippen molar-refractivity contribution in [1.29, 1.82) is 0 Å². The third-order valence-electron chi connectivity index (χ3n) is 2.21. The third-order valence-corrected chi connectivity index (χ3v) is 3.00. The second-order valence-electron chi connectivity index (χ2n) is 3.43. The SMILES string of the molecule is Cn1ncc(I)c1C(=O)Nc1ccc(F)cc1. The van der Waals surface area contributed by atoms with Crippen molar-refractivity contribution in [3.05, 3.63) is 45.5 Å². The van der Waals surface area contributed by atoms with Crippen molar-refractivity contribution in [2.75, 3.05) is 5.32 Å². The summed E-state index contributed by atoms with van der Waals surface area (Å²) in [6, 6.07) is 5.61. The smallest absolute Gasteiger partial charge is 0.275 e. The summed E-state index contributed by atoms with van der Waals surface area (Å²) in [7, 11) is 1.70. The number of carbonyl (C=O) groups excluding carboxylic acids is 1. The molecule has 0 aliphatic carbocycles. The van der Waals surface area contributed by atoms with E-state index in [9.17, 15) is 9.18 Å². The first kappa shape index (κ1) is 12.0. The summed E-state index contributed by atoms with van der Waals surface area (Å²) in [5.41, 5.74) is 1.03. The molecule has 0 bridgehead atoms. The molecule has 0 saturated carbocycles. The molecule has 1 aromatic heterocycles. The number of halogens is 2. The number of rotatable bonds is 2. The van der Waals surface area contributed by atoms with Gasteiger partial charge >= 0.3 is 0 Å². The predicted octanol–water partition coefficient (Wildman–Crippen LogP) is 2.42. The zero-order valence-corrected chi connectivity index (χ0v) is 11.1. The molecule has 4 nitrogen and oxygen atoms in total. The highest BCUT2D eigenvalue weighted by molar-refractivity contribution is 14.1. The lowest BCUT2D eigenvalue weighted by Gasteiger charge is -2.05. The van der Waals surface area contributed by atoms with E-state index in [2.05, 4.69) is 10.4 Å². The van der Waals surface area contributed by atoms with Crippen molar-refractivity contribution < 1.29 is 9.18 Å². The van der Waals surface area contributed by atoms with Crippen molar-refractivity contribution >= 4 is 34.2 Å². The average molecular weight is 345 g/mol. The highest BCUT2D eigenvalue weighted by Gasteiger charge is 2.15. The van der Waals surface area contributed by atoms with Crippen LogP contribution in [0.5, 0.6) is 0 Å². The zero-order valence-electron chi connectivity index (χ0n) is 8.95. The molecule has 0 atom stereocenters. The van der Waals surface area contributed by atoms with E-state index >= 15 is 0 Å². The molecule has 0 radical (unpaired) electrons. The van der Waals surface area contributed by atoms with Gasteiger partial charge in [0.25, 0.3) is 5.91 Å². The average Bonchev–Trinajstić information content (AvgIpc) is 2.62. The molecular formula is C11H9FIN3O. The summed E-state index contributed by atoms with van der Waals surface area (Å²) in [4.78, 5) is 11.9. The normalized spacial score (nSPS) is 10.3. The van der Waals surface area contributed by atoms with E-state index < -0.39 is 0 Å². The highest BCUT2D eigenvalue weighted by atomic mass is 127. The largest absolute Gasteiger partial charge is 0.321 e. The van der Waals surface area contributed by atoms with Crippen LogP contribution in [0.15, 0.2) is 30.5 Å². The summed E-state index contributed by atoms with van der Waals surface area (Å²) < 4.78 is 15.0. The van der Waals surface area contributed by atoms with Gasteiger partial charge in [0.15, 0.2) is 0 Å². The first-order valence-corrected chi connectivity index (χ1v) is 5.90. The molecule has 2 aromatic rings. The molecule has 0 saturated heterocycles. The Morgan fingerprint density at radius 3 is 2.59 bits per heavy atom. The first-order chi connectivity index (χ1) is 8.08. The number of nitrogens with zero attached hydrogens (tertiary/aromatic N) is 2. The first-order valence-electron chi connectivity index (χ1n) is 4.82. The minimum Gasteiger partial charge on any atom is -0.321 e. The molecule has 0 unspecified atom stereocenters. The van der Waals surface area contributed by atoms with Gasteiger partial charge < -0.3 is 5.32 Å². The summed E-state index contributed by atoms with van der Waals surface area (Å²) in [5, 5.41) is 6.66. The van der Waals surface area contributed by atoms with Crippen LogP contribution < -0.4 is 5.32 Å². The number of hydrogen-bond acceptors (Lipinski definition) is 2. The number of aromatic nitrogens is 2. The number of anilines is 1. The lowest BCUT2D eigenvalue weighted by atomic mass is 10.3. The lowest BCUT2D eigenvalue weighted by Crippen LogP contribution is -2.17. The van der Waals surface area contributed by atoms with Gasteiger partial charge in [0.05, 0.1) is 9.77 Å². The molecule has 0 aliphatic rings. The van der Waals surface area contributed by atoms with Crippen molar-refractivity contribution in [3.8, 4) is 0 Å². The molecule has 0 spiro atoms. The van der Waals surface area contributed by atoms with E-state index in [0.717, 1.165) is 3.57 Å². The number of hydrogen-bond donors (Lipinski definition) is 1. The van der Waals surface area contributed by atoms with Crippen LogP contribution in [-0.2, 0) is 7.05 Å². The Hall–Kier alpha value is -1.44. The summed E-state index contributed by atoms with van der Waals surface area (Å²) >= 11 is 2.04. The fourth-order valence-electron chi connectivity index (χ4n) is 1.39. The van der Waals surface area contributed by atoms with E-state index in [0.29, 0.717) is 11.4 Å². The summed E-state index contributed by atoms with van der Waals surface area (Å²) in [5.74, 6) is -0.598. The van der Waals surface area contributed by atoms with Crippen molar-refractivity contribution in [1.82, 2.24) is 9.78 Å². The maximum Gasteiger partial charge on any atom is 0.275 e. The molecule has 88 valence electrons. The van der Waals surface area contributed by atoms with Gasteiger partial charge in [-0.1, -0.05) is 0 Å². The molecule has 1 amide bonds. The van der Waals surface area contributed by atoms with Crippen LogP contribution in [0.25, 0.3) is 0 Å². The van der Waals surface area contributed by atoms with Crippen LogP contribution >= 0.6 is 22.6 Å². The Morgan fingerprint density at radius 2 is 2.06 bits per heavy atom. The Morgan fingerprint density at radius 1 is 1.41 bits per heavy atom. The van der Waals surface area contributed by atoms with Crippen molar-refractivity contribution in [3.63, 3.8) is 0 Å². The van der Waals surface area contributed by atoms with Crippen LogP contribution in [-0.4, -0.2) is 15.7 Å². The Balaban J connectivity index is 2.20. The molecule has 0 aliphatic heterocycles. The maximum absolute atomic E-state index is 12.7. The predicted molar refractivity (Wildman–Crippen MR) is 70.3 cm³/mol. The highest BCUT2D eigenvalue weighted by Crippen LogP contribution is 2.14. The quantitative estimate of drug-likeness (QED) is 0.850. The van der Waals surface area contributed by atoms with Crippen LogP contribution in [0.2, 0.25) is 0 Å². The number of benzene rings is 1. The van der Waals surface area contributed by atoms with Gasteiger partial charge in [-0.05, 0) is 46.9 Å². The Bertz CT molecular complexity index is 531. The topological polar surface area (TPSA) is 46.9 Å². The van der Waals surface area contributed by atoms with Crippen LogP contribution in [0.4, 0.5) is 10.1 Å². The fourth-order valence-corrected chi connectivity index (χ4v) is 2.11. The molecule has 17 heavy (non-hydrogen) atoms. The molecule has 1 N–H and O–H groups in total. The van der Waals surface area contributed by atoms with Crippen LogP contribution in [0, 0.1) is 9.39 Å². The van der Waals surface area contributed by atoms with E-state index in [1.54, 1.807) is 13.2 Å². The van der Waals surface area contributed by atoms with Gasteiger partial charge in [-0.25, -0.2) is 4.39 Å². The second-order valence-corrected chi connectivity index (χ2v) is 4.59. The van der Waals surface area contributed by atoms with Crippen molar-refractivity contribution in [2.24, 2.45) is 7.05 Å². The number of carbonyl (C=O) groups is 1. The monoisotopic (exact) mass is 345 g/mol. The molecule has 6 heteroatoms. The van der Waals surface area contributed by atoms with E-state index in [1.807, 2.05) is 22.6 Å². The van der Waals surface area contributed by atoms with Gasteiger partial charge in [-0.15, -0.1) is 0 Å². The fraction of sp³-hybridized carbons (Fsp3) is 0.0909. The Kier molecular flexibility index (Phi) is 3.41. The molecule has 1 heterocycles. The van der Waals surface area contributed by atoms with E-state index in [1.165, 1.54) is 28.9 Å². The molecular weight excluding hydrogens is 336 g/mol. The third kappa shape index (κ3) is 2.63. The number of aryl methyl sites for hydroxylation is 1. The number of nitrogens with one attached hydrogen (secondary N) is 1. The van der Waals surface area contributed by atoms with E-state index in [-0.39, 0.29) is 11.7 Å². The van der Waals surface area contributed by atoms with Gasteiger partial charge in [0, 0.05) is 12.7 Å². The Labute approximate surface area is 111 Å². The molecule has 0 fully saturated rings.